The van der Waals surface area contributed by atoms with Crippen molar-refractivity contribution in [2.75, 3.05) is 33.4 Å². The topological polar surface area (TPSA) is 48.3 Å². The lowest BCUT2D eigenvalue weighted by Crippen LogP contribution is -2.43. The van der Waals surface area contributed by atoms with E-state index in [1.807, 2.05) is 6.92 Å². The van der Waals surface area contributed by atoms with Gasteiger partial charge in [-0.2, -0.15) is 5.26 Å². The summed E-state index contributed by atoms with van der Waals surface area (Å²) in [5, 5.41) is 12.4. The lowest BCUT2D eigenvalue weighted by Gasteiger charge is -2.27. The van der Waals surface area contributed by atoms with Crippen LogP contribution in [0.3, 0.4) is 0 Å². The Morgan fingerprint density at radius 2 is 2.47 bits per heavy atom. The van der Waals surface area contributed by atoms with Crippen molar-refractivity contribution in [3.63, 3.8) is 0 Å². The molecule has 1 fully saturated rings. The second-order valence-corrected chi connectivity index (χ2v) is 4.09. The molecule has 0 saturated carbocycles. The molecular formula is C11H21N3O. The number of ether oxygens (including phenoxy) is 1. The van der Waals surface area contributed by atoms with E-state index in [-0.39, 0.29) is 6.04 Å². The average Bonchev–Trinajstić information content (AvgIpc) is 2.75. The lowest BCUT2D eigenvalue weighted by atomic mass is 10.2. The number of nitrogens with zero attached hydrogens (tertiary/aromatic N) is 2. The molecule has 4 heteroatoms. The molecule has 0 aromatic heterocycles. The van der Waals surface area contributed by atoms with Crippen LogP contribution in [0.15, 0.2) is 0 Å². The van der Waals surface area contributed by atoms with Crippen molar-refractivity contribution < 1.29 is 4.74 Å². The molecule has 15 heavy (non-hydrogen) atoms. The molecule has 1 heterocycles. The summed E-state index contributed by atoms with van der Waals surface area (Å²) in [5.41, 5.74) is 0. The Morgan fingerprint density at radius 1 is 1.67 bits per heavy atom. The summed E-state index contributed by atoms with van der Waals surface area (Å²) in [6.07, 6.45) is 2.48. The molecule has 1 saturated heterocycles. The molecule has 0 spiro atoms. The van der Waals surface area contributed by atoms with Gasteiger partial charge in [0.1, 0.15) is 0 Å². The molecule has 0 aromatic carbocycles. The third kappa shape index (κ3) is 4.17. The predicted molar refractivity (Wildman–Crippen MR) is 59.5 cm³/mol. The summed E-state index contributed by atoms with van der Waals surface area (Å²) in [6, 6.07) is 2.82. The highest BCUT2D eigenvalue weighted by atomic mass is 16.5. The van der Waals surface area contributed by atoms with Gasteiger partial charge in [-0.25, -0.2) is 0 Å². The first-order chi connectivity index (χ1) is 7.27. The molecule has 0 bridgehead atoms. The maximum atomic E-state index is 8.93. The number of nitrogens with one attached hydrogen (secondary N) is 1. The second-order valence-electron chi connectivity index (χ2n) is 4.09. The van der Waals surface area contributed by atoms with Gasteiger partial charge in [-0.1, -0.05) is 0 Å². The molecule has 0 aromatic rings. The van der Waals surface area contributed by atoms with E-state index < -0.39 is 0 Å². The summed E-state index contributed by atoms with van der Waals surface area (Å²) in [4.78, 5) is 2.19. The highest BCUT2D eigenvalue weighted by Crippen LogP contribution is 2.08. The van der Waals surface area contributed by atoms with Crippen LogP contribution in [0.25, 0.3) is 0 Å². The van der Waals surface area contributed by atoms with E-state index in [4.69, 9.17) is 10.00 Å². The van der Waals surface area contributed by atoms with Crippen molar-refractivity contribution in [2.45, 2.75) is 31.8 Å². The van der Waals surface area contributed by atoms with E-state index in [1.165, 1.54) is 12.8 Å². The molecule has 1 rings (SSSR count). The highest BCUT2D eigenvalue weighted by molar-refractivity contribution is 4.90. The fourth-order valence-corrected chi connectivity index (χ4v) is 1.93. The Hall–Kier alpha value is -0.630. The Labute approximate surface area is 92.2 Å². The van der Waals surface area contributed by atoms with Crippen molar-refractivity contribution in [3.8, 4) is 6.07 Å². The molecule has 0 aliphatic carbocycles. The molecule has 1 N–H and O–H groups in total. The molecule has 2 unspecified atom stereocenters. The first-order valence-electron chi connectivity index (χ1n) is 5.64. The summed E-state index contributed by atoms with van der Waals surface area (Å²) in [7, 11) is 1.70. The van der Waals surface area contributed by atoms with E-state index >= 15 is 0 Å². The van der Waals surface area contributed by atoms with Gasteiger partial charge in [0.15, 0.2) is 0 Å². The smallest absolute Gasteiger partial charge is 0.0950 e. The Balaban J connectivity index is 2.37. The van der Waals surface area contributed by atoms with E-state index in [1.54, 1.807) is 7.11 Å². The van der Waals surface area contributed by atoms with Gasteiger partial charge in [0, 0.05) is 26.2 Å². The maximum Gasteiger partial charge on any atom is 0.0950 e. The molecule has 0 amide bonds. The number of nitriles is 1. The monoisotopic (exact) mass is 211 g/mol. The molecular weight excluding hydrogens is 190 g/mol. The molecule has 1 aliphatic heterocycles. The van der Waals surface area contributed by atoms with Crippen LogP contribution >= 0.6 is 0 Å². The zero-order chi connectivity index (χ0) is 11.1. The van der Waals surface area contributed by atoms with Crippen molar-refractivity contribution >= 4 is 0 Å². The van der Waals surface area contributed by atoms with Crippen LogP contribution in [-0.4, -0.2) is 50.3 Å². The Kier molecular flexibility index (Phi) is 5.62. The standard InChI is InChI=1S/C11H21N3O/c1-10(8-12)14(6-7-15-2)9-11-4-3-5-13-11/h10-11,13H,3-7,9H2,1-2H3. The van der Waals surface area contributed by atoms with E-state index in [0.717, 1.165) is 19.6 Å². The van der Waals surface area contributed by atoms with Crippen LogP contribution in [-0.2, 0) is 4.74 Å². The molecule has 0 radical (unpaired) electrons. The normalized spacial score (nSPS) is 22.9. The fraction of sp³-hybridized carbons (Fsp3) is 0.909. The molecule has 4 nitrogen and oxygen atoms in total. The summed E-state index contributed by atoms with van der Waals surface area (Å²) in [6.45, 7) is 5.55. The highest BCUT2D eigenvalue weighted by Gasteiger charge is 2.20. The van der Waals surface area contributed by atoms with Gasteiger partial charge in [-0.3, -0.25) is 4.90 Å². The third-order valence-electron chi connectivity index (χ3n) is 2.93. The minimum Gasteiger partial charge on any atom is -0.383 e. The molecule has 86 valence electrons. The number of hydrogen-bond donors (Lipinski definition) is 1. The predicted octanol–water partition coefficient (Wildman–Crippen LogP) is 0.599. The first-order valence-corrected chi connectivity index (χ1v) is 5.64. The van der Waals surface area contributed by atoms with Gasteiger partial charge in [-0.05, 0) is 26.3 Å². The average molecular weight is 211 g/mol. The first kappa shape index (κ1) is 12.4. The second kappa shape index (κ2) is 6.78. The number of rotatable bonds is 6. The zero-order valence-corrected chi connectivity index (χ0v) is 9.70. The van der Waals surface area contributed by atoms with Gasteiger partial charge in [0.05, 0.1) is 18.7 Å². The van der Waals surface area contributed by atoms with Crippen molar-refractivity contribution in [1.29, 1.82) is 5.26 Å². The Bertz CT molecular complexity index is 208. The van der Waals surface area contributed by atoms with Crippen LogP contribution in [0.4, 0.5) is 0 Å². The van der Waals surface area contributed by atoms with Crippen LogP contribution in [0.2, 0.25) is 0 Å². The number of methoxy groups -OCH3 is 1. The van der Waals surface area contributed by atoms with Gasteiger partial charge >= 0.3 is 0 Å². The SMILES string of the molecule is COCCN(CC1CCCN1)C(C)C#N. The van der Waals surface area contributed by atoms with E-state index in [9.17, 15) is 0 Å². The van der Waals surface area contributed by atoms with Crippen LogP contribution < -0.4 is 5.32 Å². The summed E-state index contributed by atoms with van der Waals surface area (Å²) >= 11 is 0. The quantitative estimate of drug-likeness (QED) is 0.699. The van der Waals surface area contributed by atoms with Crippen molar-refractivity contribution in [2.24, 2.45) is 0 Å². The summed E-state index contributed by atoms with van der Waals surface area (Å²) in [5.74, 6) is 0. The maximum absolute atomic E-state index is 8.93. The summed E-state index contributed by atoms with van der Waals surface area (Å²) < 4.78 is 5.06. The third-order valence-corrected chi connectivity index (χ3v) is 2.93. The molecule has 1 aliphatic rings. The minimum absolute atomic E-state index is 0.0254. The number of hydrogen-bond acceptors (Lipinski definition) is 4. The van der Waals surface area contributed by atoms with Crippen LogP contribution in [0.5, 0.6) is 0 Å². The van der Waals surface area contributed by atoms with Gasteiger partial charge in [0.25, 0.3) is 0 Å². The van der Waals surface area contributed by atoms with Crippen molar-refractivity contribution in [3.05, 3.63) is 0 Å². The lowest BCUT2D eigenvalue weighted by molar-refractivity contribution is 0.132. The van der Waals surface area contributed by atoms with Gasteiger partial charge < -0.3 is 10.1 Å². The van der Waals surface area contributed by atoms with Crippen LogP contribution in [0, 0.1) is 11.3 Å². The zero-order valence-electron chi connectivity index (χ0n) is 9.70. The Morgan fingerprint density at radius 3 is 3.00 bits per heavy atom. The minimum atomic E-state index is -0.0254. The van der Waals surface area contributed by atoms with Gasteiger partial charge in [-0.15, -0.1) is 0 Å². The van der Waals surface area contributed by atoms with Gasteiger partial charge in [0.2, 0.25) is 0 Å². The largest absolute Gasteiger partial charge is 0.383 e. The van der Waals surface area contributed by atoms with Crippen LogP contribution in [0.1, 0.15) is 19.8 Å². The van der Waals surface area contributed by atoms with E-state index in [2.05, 4.69) is 16.3 Å². The van der Waals surface area contributed by atoms with E-state index in [0.29, 0.717) is 12.6 Å². The van der Waals surface area contributed by atoms with Crippen molar-refractivity contribution in [1.82, 2.24) is 10.2 Å². The molecule has 2 atom stereocenters. The fourth-order valence-electron chi connectivity index (χ4n) is 1.93.